The highest BCUT2D eigenvalue weighted by Gasteiger charge is 2.51. The van der Waals surface area contributed by atoms with Gasteiger partial charge in [0.2, 0.25) is 0 Å². The van der Waals surface area contributed by atoms with Gasteiger partial charge in [0.25, 0.3) is 0 Å². The molecule has 0 aromatic carbocycles. The van der Waals surface area contributed by atoms with Crippen LogP contribution in [0.3, 0.4) is 0 Å². The van der Waals surface area contributed by atoms with Crippen molar-refractivity contribution in [1.82, 2.24) is 0 Å². The molecule has 0 saturated heterocycles. The van der Waals surface area contributed by atoms with E-state index in [1.165, 1.54) is 0 Å². The first-order chi connectivity index (χ1) is 10.8. The zero-order valence-electron chi connectivity index (χ0n) is 16.1. The Bertz CT molecular complexity index is 505. The molecule has 0 aliphatic heterocycles. The number of ether oxygens (including phenoxy) is 2. The third-order valence-electron chi connectivity index (χ3n) is 4.79. The van der Waals surface area contributed by atoms with Crippen LogP contribution in [0.5, 0.6) is 0 Å². The maximum Gasteiger partial charge on any atom is 0.323 e. The monoisotopic (exact) mass is 336 g/mol. The highest BCUT2D eigenvalue weighted by Crippen LogP contribution is 2.48. The summed E-state index contributed by atoms with van der Waals surface area (Å²) < 4.78 is 11.1. The van der Waals surface area contributed by atoms with Gasteiger partial charge >= 0.3 is 11.9 Å². The topological polar surface area (TPSA) is 52.6 Å². The lowest BCUT2D eigenvalue weighted by Crippen LogP contribution is -2.46. The van der Waals surface area contributed by atoms with E-state index in [0.717, 1.165) is 12.8 Å². The summed E-state index contributed by atoms with van der Waals surface area (Å²) in [6.45, 7) is 12.6. The molecule has 0 N–H and O–H groups in total. The Labute approximate surface area is 146 Å². The SMILES string of the molecule is CC(C)(C)OC(=O)C(C)(CC1CC2C=CC1C2)C(=O)OC(C)(C)C. The Hall–Kier alpha value is -1.32. The van der Waals surface area contributed by atoms with E-state index in [9.17, 15) is 9.59 Å². The largest absolute Gasteiger partial charge is 0.459 e. The molecule has 24 heavy (non-hydrogen) atoms. The highest BCUT2D eigenvalue weighted by molar-refractivity contribution is 5.99. The first-order valence-corrected chi connectivity index (χ1v) is 8.95. The molecule has 2 rings (SSSR count). The Morgan fingerprint density at radius 3 is 1.71 bits per heavy atom. The molecule has 0 spiro atoms. The number of carbonyl (C=O) groups excluding carboxylic acids is 2. The van der Waals surface area contributed by atoms with Crippen LogP contribution >= 0.6 is 0 Å². The predicted octanol–water partition coefficient (Wildman–Crippen LogP) is 4.28. The normalized spacial score (nSPS) is 26.5. The second-order valence-corrected chi connectivity index (χ2v) is 9.58. The average molecular weight is 336 g/mol. The van der Waals surface area contributed by atoms with E-state index in [1.807, 2.05) is 41.5 Å². The van der Waals surface area contributed by atoms with Crippen LogP contribution in [0.1, 0.15) is 67.7 Å². The minimum absolute atomic E-state index is 0.338. The molecule has 0 radical (unpaired) electrons. The minimum atomic E-state index is -1.26. The zero-order chi connectivity index (χ0) is 18.3. The first-order valence-electron chi connectivity index (χ1n) is 8.95. The van der Waals surface area contributed by atoms with Gasteiger partial charge in [0.1, 0.15) is 11.2 Å². The fourth-order valence-corrected chi connectivity index (χ4v) is 3.69. The Morgan fingerprint density at radius 2 is 1.38 bits per heavy atom. The minimum Gasteiger partial charge on any atom is -0.459 e. The van der Waals surface area contributed by atoms with Gasteiger partial charge in [-0.1, -0.05) is 12.2 Å². The van der Waals surface area contributed by atoms with Gasteiger partial charge in [0.15, 0.2) is 5.41 Å². The maximum atomic E-state index is 12.9. The summed E-state index contributed by atoms with van der Waals surface area (Å²) in [6.07, 6.45) is 7.18. The molecule has 1 saturated carbocycles. The molecule has 0 heterocycles. The summed E-state index contributed by atoms with van der Waals surface area (Å²) in [6, 6.07) is 0. The summed E-state index contributed by atoms with van der Waals surface area (Å²) in [5.41, 5.74) is -2.52. The number of fused-ring (bicyclic) bond motifs is 2. The summed E-state index contributed by atoms with van der Waals surface area (Å²) in [5, 5.41) is 0. The van der Waals surface area contributed by atoms with E-state index in [2.05, 4.69) is 12.2 Å². The van der Waals surface area contributed by atoms with Gasteiger partial charge in [-0.15, -0.1) is 0 Å². The van der Waals surface area contributed by atoms with Crippen LogP contribution in [0, 0.1) is 23.2 Å². The summed E-state index contributed by atoms with van der Waals surface area (Å²) in [7, 11) is 0. The van der Waals surface area contributed by atoms with Crippen molar-refractivity contribution in [1.29, 1.82) is 0 Å². The fraction of sp³-hybridized carbons (Fsp3) is 0.800. The van der Waals surface area contributed by atoms with Gasteiger partial charge in [0.05, 0.1) is 0 Å². The van der Waals surface area contributed by atoms with E-state index in [1.54, 1.807) is 6.92 Å². The molecule has 2 aliphatic carbocycles. The van der Waals surface area contributed by atoms with Gasteiger partial charge in [-0.2, -0.15) is 0 Å². The molecule has 4 nitrogen and oxygen atoms in total. The van der Waals surface area contributed by atoms with E-state index < -0.39 is 28.6 Å². The molecular formula is C20H32O4. The molecule has 3 unspecified atom stereocenters. The van der Waals surface area contributed by atoms with Gasteiger partial charge in [-0.05, 0) is 85.5 Å². The molecule has 136 valence electrons. The van der Waals surface area contributed by atoms with Crippen molar-refractivity contribution < 1.29 is 19.1 Å². The lowest BCUT2D eigenvalue weighted by Gasteiger charge is -2.35. The van der Waals surface area contributed by atoms with E-state index in [4.69, 9.17) is 9.47 Å². The van der Waals surface area contributed by atoms with Crippen LogP contribution in [-0.4, -0.2) is 23.1 Å². The van der Waals surface area contributed by atoms with Crippen molar-refractivity contribution in [3.8, 4) is 0 Å². The number of esters is 2. The van der Waals surface area contributed by atoms with Crippen molar-refractivity contribution >= 4 is 11.9 Å². The second-order valence-electron chi connectivity index (χ2n) is 9.58. The van der Waals surface area contributed by atoms with Gasteiger partial charge < -0.3 is 9.47 Å². The van der Waals surface area contributed by atoms with Gasteiger partial charge in [-0.3, -0.25) is 9.59 Å². The van der Waals surface area contributed by atoms with Crippen molar-refractivity contribution in [3.05, 3.63) is 12.2 Å². The van der Waals surface area contributed by atoms with Crippen LogP contribution < -0.4 is 0 Å². The summed E-state index contributed by atoms with van der Waals surface area (Å²) >= 11 is 0. The van der Waals surface area contributed by atoms with Crippen LogP contribution in [0.2, 0.25) is 0 Å². The van der Waals surface area contributed by atoms with E-state index >= 15 is 0 Å². The number of hydrogen-bond acceptors (Lipinski definition) is 4. The number of carbonyl (C=O) groups is 2. The lowest BCUT2D eigenvalue weighted by molar-refractivity contribution is -0.185. The Morgan fingerprint density at radius 1 is 0.875 bits per heavy atom. The van der Waals surface area contributed by atoms with Crippen LogP contribution in [0.25, 0.3) is 0 Å². The number of hydrogen-bond donors (Lipinski definition) is 0. The zero-order valence-corrected chi connectivity index (χ0v) is 16.1. The average Bonchev–Trinajstić information content (AvgIpc) is 2.96. The Kier molecular flexibility index (Phi) is 4.91. The Balaban J connectivity index is 2.21. The molecule has 0 aromatic rings. The molecule has 3 atom stereocenters. The smallest absolute Gasteiger partial charge is 0.323 e. The molecule has 2 bridgehead atoms. The summed E-state index contributed by atoms with van der Waals surface area (Å²) in [4.78, 5) is 25.7. The third kappa shape index (κ3) is 4.40. The maximum absolute atomic E-state index is 12.9. The molecule has 0 amide bonds. The molecule has 0 aromatic heterocycles. The molecule has 1 fully saturated rings. The standard InChI is InChI=1S/C20H32O4/c1-18(2,3)23-16(21)20(7,17(22)24-19(4,5)6)12-15-11-13-8-9-14(15)10-13/h8-9,13-15H,10-12H2,1-7H3. The highest BCUT2D eigenvalue weighted by atomic mass is 16.6. The summed E-state index contributed by atoms with van der Waals surface area (Å²) in [5.74, 6) is 0.456. The number of rotatable bonds is 4. The first kappa shape index (κ1) is 19.0. The van der Waals surface area contributed by atoms with Crippen LogP contribution in [-0.2, 0) is 19.1 Å². The van der Waals surface area contributed by atoms with Crippen molar-refractivity contribution in [2.24, 2.45) is 23.2 Å². The second kappa shape index (κ2) is 6.20. The third-order valence-corrected chi connectivity index (χ3v) is 4.79. The molecule has 4 heteroatoms. The van der Waals surface area contributed by atoms with Crippen molar-refractivity contribution in [2.45, 2.75) is 78.9 Å². The van der Waals surface area contributed by atoms with Crippen molar-refractivity contribution in [3.63, 3.8) is 0 Å². The number of allylic oxidation sites excluding steroid dienone is 2. The van der Waals surface area contributed by atoms with Crippen LogP contribution in [0.15, 0.2) is 12.2 Å². The fourth-order valence-electron chi connectivity index (χ4n) is 3.69. The van der Waals surface area contributed by atoms with Gasteiger partial charge in [-0.25, -0.2) is 0 Å². The quantitative estimate of drug-likeness (QED) is 0.437. The van der Waals surface area contributed by atoms with Crippen molar-refractivity contribution in [2.75, 3.05) is 0 Å². The molecule has 2 aliphatic rings. The molecular weight excluding hydrogens is 304 g/mol. The predicted molar refractivity (Wildman–Crippen MR) is 93.3 cm³/mol. The van der Waals surface area contributed by atoms with Crippen LogP contribution in [0.4, 0.5) is 0 Å². The van der Waals surface area contributed by atoms with Gasteiger partial charge in [0, 0.05) is 0 Å². The van der Waals surface area contributed by atoms with E-state index in [0.29, 0.717) is 24.2 Å². The van der Waals surface area contributed by atoms with E-state index in [-0.39, 0.29) is 0 Å². The lowest BCUT2D eigenvalue weighted by atomic mass is 9.76.